The average Bonchev–Trinajstić information content (AvgIpc) is 2.93. The van der Waals surface area contributed by atoms with Crippen LogP contribution in [0.1, 0.15) is 46.9 Å². The molecule has 2 aromatic carbocycles. The molecule has 3 aromatic rings. The number of piperidine rings is 1. The third kappa shape index (κ3) is 7.25. The maximum Gasteiger partial charge on any atom is 0.251 e. The summed E-state index contributed by atoms with van der Waals surface area (Å²) in [6, 6.07) is 23.2. The van der Waals surface area contributed by atoms with Crippen molar-refractivity contribution in [3.05, 3.63) is 89.1 Å². The molecule has 37 heavy (non-hydrogen) atoms. The highest BCUT2D eigenvalue weighted by Gasteiger charge is 2.17. The highest BCUT2D eigenvalue weighted by atomic mass is 16.1. The zero-order valence-electron chi connectivity index (χ0n) is 21.9. The minimum Gasteiger partial charge on any atom is -0.348 e. The van der Waals surface area contributed by atoms with Crippen molar-refractivity contribution in [1.82, 2.24) is 25.8 Å². The number of amides is 1. The maximum absolute atomic E-state index is 12.9. The molecule has 3 heterocycles. The molecule has 2 aliphatic heterocycles. The molecular weight excluding hydrogens is 458 g/mol. The second-order valence-corrected chi connectivity index (χ2v) is 10.6. The van der Waals surface area contributed by atoms with Gasteiger partial charge in [-0.15, -0.1) is 0 Å². The number of aromatic nitrogens is 1. The van der Waals surface area contributed by atoms with E-state index in [1.807, 2.05) is 18.2 Å². The highest BCUT2D eigenvalue weighted by molar-refractivity contribution is 5.94. The molecule has 1 amide bonds. The summed E-state index contributed by atoms with van der Waals surface area (Å²) in [6.45, 7) is 8.90. The lowest BCUT2D eigenvalue weighted by atomic mass is 9.90. The molecule has 0 radical (unpaired) electrons. The summed E-state index contributed by atoms with van der Waals surface area (Å²) >= 11 is 0. The molecule has 1 atom stereocenters. The number of pyridine rings is 1. The number of rotatable bonds is 8. The van der Waals surface area contributed by atoms with Gasteiger partial charge in [0, 0.05) is 49.9 Å². The Bertz CT molecular complexity index is 1190. The van der Waals surface area contributed by atoms with Gasteiger partial charge in [-0.1, -0.05) is 36.4 Å². The smallest absolute Gasteiger partial charge is 0.251 e. The number of hydrogen-bond acceptors (Lipinski definition) is 5. The number of nitrogens with zero attached hydrogens (tertiary/aromatic N) is 2. The van der Waals surface area contributed by atoms with Gasteiger partial charge in [0.15, 0.2) is 0 Å². The topological polar surface area (TPSA) is 69.3 Å². The van der Waals surface area contributed by atoms with E-state index >= 15 is 0 Å². The zero-order valence-corrected chi connectivity index (χ0v) is 21.9. The molecule has 194 valence electrons. The molecule has 2 aliphatic rings. The first-order valence-electron chi connectivity index (χ1n) is 13.7. The van der Waals surface area contributed by atoms with Crippen LogP contribution in [-0.2, 0) is 19.5 Å². The Morgan fingerprint density at radius 3 is 2.68 bits per heavy atom. The molecule has 5 rings (SSSR count). The molecule has 0 aliphatic carbocycles. The fourth-order valence-electron chi connectivity index (χ4n) is 5.50. The quantitative estimate of drug-likeness (QED) is 0.439. The first-order chi connectivity index (χ1) is 18.1. The minimum absolute atomic E-state index is 0.0251. The van der Waals surface area contributed by atoms with Gasteiger partial charge in [-0.2, -0.15) is 0 Å². The van der Waals surface area contributed by atoms with Crippen molar-refractivity contribution in [2.24, 2.45) is 5.92 Å². The molecule has 0 saturated carbocycles. The van der Waals surface area contributed by atoms with Gasteiger partial charge >= 0.3 is 0 Å². The second-order valence-electron chi connectivity index (χ2n) is 10.6. The molecule has 1 aromatic heterocycles. The third-order valence-electron chi connectivity index (χ3n) is 7.49. The molecule has 2 fully saturated rings. The van der Waals surface area contributed by atoms with Crippen LogP contribution in [-0.4, -0.2) is 54.6 Å². The maximum atomic E-state index is 12.9. The molecule has 0 spiro atoms. The summed E-state index contributed by atoms with van der Waals surface area (Å²) in [5, 5.41) is 10.0. The van der Waals surface area contributed by atoms with E-state index in [1.54, 1.807) is 0 Å². The van der Waals surface area contributed by atoms with Crippen LogP contribution in [0.2, 0.25) is 0 Å². The van der Waals surface area contributed by atoms with Gasteiger partial charge in [0.05, 0.1) is 11.4 Å². The SMILES string of the molecule is C[C@H]1CN(Cc2cccc(-c3cccc(CNC(=O)c4cccc(CC5CCNCC5)c4)c3)n2)CCN1. The van der Waals surface area contributed by atoms with Crippen molar-refractivity contribution in [2.75, 3.05) is 32.7 Å². The van der Waals surface area contributed by atoms with Gasteiger partial charge in [-0.25, -0.2) is 0 Å². The molecular formula is C31H39N5O. The molecule has 2 saturated heterocycles. The van der Waals surface area contributed by atoms with Crippen LogP contribution in [0.4, 0.5) is 0 Å². The fourth-order valence-corrected chi connectivity index (χ4v) is 5.50. The van der Waals surface area contributed by atoms with E-state index in [1.165, 1.54) is 18.4 Å². The van der Waals surface area contributed by atoms with Crippen molar-refractivity contribution in [1.29, 1.82) is 0 Å². The summed E-state index contributed by atoms with van der Waals surface area (Å²) in [5.74, 6) is 0.678. The summed E-state index contributed by atoms with van der Waals surface area (Å²) < 4.78 is 0. The van der Waals surface area contributed by atoms with Gasteiger partial charge in [0.2, 0.25) is 0 Å². The Balaban J connectivity index is 1.19. The Morgan fingerprint density at radius 1 is 1.00 bits per heavy atom. The number of hydrogen-bond donors (Lipinski definition) is 3. The van der Waals surface area contributed by atoms with E-state index in [9.17, 15) is 4.79 Å². The Labute approximate surface area is 220 Å². The molecule has 3 N–H and O–H groups in total. The molecule has 6 heteroatoms. The lowest BCUT2D eigenvalue weighted by Crippen LogP contribution is -2.48. The summed E-state index contributed by atoms with van der Waals surface area (Å²) in [4.78, 5) is 20.3. The normalized spacial score (nSPS) is 19.0. The largest absolute Gasteiger partial charge is 0.348 e. The van der Waals surface area contributed by atoms with Crippen LogP contribution in [0.25, 0.3) is 11.3 Å². The monoisotopic (exact) mass is 497 g/mol. The van der Waals surface area contributed by atoms with Gasteiger partial charge in [-0.05, 0) is 86.7 Å². The summed E-state index contributed by atoms with van der Waals surface area (Å²) in [7, 11) is 0. The first kappa shape index (κ1) is 25.6. The number of carbonyl (C=O) groups is 1. The highest BCUT2D eigenvalue weighted by Crippen LogP contribution is 2.21. The Hall–Kier alpha value is -3.06. The summed E-state index contributed by atoms with van der Waals surface area (Å²) in [5.41, 5.74) is 6.20. The van der Waals surface area contributed by atoms with Gasteiger partial charge in [0.25, 0.3) is 5.91 Å². The van der Waals surface area contributed by atoms with Crippen LogP contribution in [0, 0.1) is 5.92 Å². The predicted molar refractivity (Wildman–Crippen MR) is 149 cm³/mol. The van der Waals surface area contributed by atoms with Crippen LogP contribution in [0.3, 0.4) is 0 Å². The van der Waals surface area contributed by atoms with Crippen LogP contribution < -0.4 is 16.0 Å². The van der Waals surface area contributed by atoms with Gasteiger partial charge in [-0.3, -0.25) is 14.7 Å². The van der Waals surface area contributed by atoms with E-state index in [2.05, 4.69) is 76.3 Å². The van der Waals surface area contributed by atoms with E-state index in [4.69, 9.17) is 4.98 Å². The van der Waals surface area contributed by atoms with E-state index < -0.39 is 0 Å². The van der Waals surface area contributed by atoms with Crippen LogP contribution in [0.5, 0.6) is 0 Å². The number of carbonyl (C=O) groups excluding carboxylic acids is 1. The van der Waals surface area contributed by atoms with Crippen molar-refractivity contribution in [3.63, 3.8) is 0 Å². The van der Waals surface area contributed by atoms with E-state index in [-0.39, 0.29) is 5.91 Å². The van der Waals surface area contributed by atoms with Crippen LogP contribution >= 0.6 is 0 Å². The fraction of sp³-hybridized carbons (Fsp3) is 0.419. The van der Waals surface area contributed by atoms with Crippen LogP contribution in [0.15, 0.2) is 66.7 Å². The summed E-state index contributed by atoms with van der Waals surface area (Å²) in [6.07, 6.45) is 3.46. The Kier molecular flexibility index (Phi) is 8.61. The van der Waals surface area contributed by atoms with Crippen molar-refractivity contribution in [3.8, 4) is 11.3 Å². The lowest BCUT2D eigenvalue weighted by Gasteiger charge is -2.31. The molecule has 0 unspecified atom stereocenters. The lowest BCUT2D eigenvalue weighted by molar-refractivity contribution is 0.0950. The average molecular weight is 498 g/mol. The van der Waals surface area contributed by atoms with Gasteiger partial charge < -0.3 is 16.0 Å². The molecule has 6 nitrogen and oxygen atoms in total. The number of benzene rings is 2. The standard InChI is InChI=1S/C31H39N5O/c1-23-21-36(16-15-33-23)22-29-9-4-10-30(35-29)27-7-3-6-26(19-27)20-34-31(37)28-8-2-5-25(18-28)17-24-11-13-32-14-12-24/h2-10,18-19,23-24,32-33H,11-17,20-22H2,1H3,(H,34,37)/t23-/m0/s1. The van der Waals surface area contributed by atoms with Crippen molar-refractivity contribution < 1.29 is 4.79 Å². The second kappa shape index (κ2) is 12.5. The minimum atomic E-state index is -0.0251. The number of piperazine rings is 1. The molecule has 0 bridgehead atoms. The third-order valence-corrected chi connectivity index (χ3v) is 7.49. The Morgan fingerprint density at radius 2 is 1.81 bits per heavy atom. The van der Waals surface area contributed by atoms with Crippen molar-refractivity contribution in [2.45, 2.75) is 45.3 Å². The first-order valence-corrected chi connectivity index (χ1v) is 13.7. The number of nitrogens with one attached hydrogen (secondary N) is 3. The van der Waals surface area contributed by atoms with Gasteiger partial charge in [0.1, 0.15) is 0 Å². The van der Waals surface area contributed by atoms with E-state index in [0.717, 1.165) is 73.8 Å². The predicted octanol–water partition coefficient (Wildman–Crippen LogP) is 4.01. The van der Waals surface area contributed by atoms with Crippen molar-refractivity contribution >= 4 is 5.91 Å². The van der Waals surface area contributed by atoms with E-state index in [0.29, 0.717) is 18.5 Å². The zero-order chi connectivity index (χ0) is 25.5.